The van der Waals surface area contributed by atoms with Crippen molar-refractivity contribution >= 4 is 13.3 Å². The molecular weight excluding hydrogens is 509 g/mol. The van der Waals surface area contributed by atoms with Crippen molar-refractivity contribution < 1.29 is 48.6 Å². The smallest absolute Gasteiger partial charge is 0.218 e. The Morgan fingerprint density at radius 1 is 0.724 bits per heavy atom. The second-order valence-electron chi connectivity index (χ2n) is 7.90. The Kier molecular flexibility index (Phi) is 25.6. The van der Waals surface area contributed by atoms with E-state index >= 15 is 0 Å². The Morgan fingerprint density at radius 3 is 1.41 bits per heavy atom. The summed E-state index contributed by atoms with van der Waals surface area (Å²) in [5.41, 5.74) is 0. The molecule has 0 bridgehead atoms. The van der Waals surface area contributed by atoms with Crippen LogP contribution in [0.15, 0.2) is 30.3 Å². The van der Waals surface area contributed by atoms with Gasteiger partial charge >= 0.3 is 111 Å². The van der Waals surface area contributed by atoms with Crippen molar-refractivity contribution in [1.29, 1.82) is 0 Å². The molecule has 1 rings (SSSR count). The molecule has 1 aromatic carbocycles. The zero-order valence-corrected chi connectivity index (χ0v) is 23.0. The third-order valence-corrected chi connectivity index (χ3v) is 6.81. The monoisotopic (exact) mass is 552 g/mol. The average molecular weight is 555 g/mol. The fourth-order valence-electron chi connectivity index (χ4n) is 3.34. The zero-order chi connectivity index (χ0) is 21.4. The number of nitrogens with one attached hydrogen (secondary N) is 1. The van der Waals surface area contributed by atoms with Gasteiger partial charge in [-0.3, -0.25) is 4.57 Å². The van der Waals surface area contributed by atoms with Gasteiger partial charge in [0.1, 0.15) is 0 Å². The van der Waals surface area contributed by atoms with Crippen molar-refractivity contribution in [2.24, 2.45) is 0 Å². The number of hydrogen-bond acceptors (Lipinski definition) is 2. The molecule has 1 aromatic rings. The average Bonchev–Trinajstić information content (AvgIpc) is 2.74. The van der Waals surface area contributed by atoms with Crippen molar-refractivity contribution in [1.82, 2.24) is 1.40 Å². The molecule has 1 atom stereocenters. The first-order chi connectivity index (χ1) is 14.2. The summed E-state index contributed by atoms with van der Waals surface area (Å²) >= 11 is 1.16. The predicted octanol–water partition coefficient (Wildman–Crippen LogP) is 7.08. The van der Waals surface area contributed by atoms with Crippen molar-refractivity contribution in [2.45, 2.75) is 110 Å². The van der Waals surface area contributed by atoms with E-state index in [1.54, 1.807) is 24.3 Å². The first-order valence-corrected chi connectivity index (χ1v) is 14.9. The van der Waals surface area contributed by atoms with E-state index in [1.165, 1.54) is 109 Å². The van der Waals surface area contributed by atoms with E-state index in [0.29, 0.717) is 5.30 Å². The molecule has 0 spiro atoms. The van der Waals surface area contributed by atoms with Gasteiger partial charge in [-0.05, 0) is 12.1 Å². The quantitative estimate of drug-likeness (QED) is 0.151. The number of unbranched alkanes of at least 4 members (excludes halogenated alkanes) is 15. The minimum atomic E-state index is -2.46. The van der Waals surface area contributed by atoms with Gasteiger partial charge in [0.25, 0.3) is 0 Å². The van der Waals surface area contributed by atoms with Crippen molar-refractivity contribution in [3.05, 3.63) is 30.3 Å². The van der Waals surface area contributed by atoms with E-state index in [4.69, 9.17) is 4.89 Å². The minimum Gasteiger partial charge on any atom is -0.343 e. The molecule has 0 aliphatic rings. The van der Waals surface area contributed by atoms with E-state index in [9.17, 15) is 4.57 Å². The van der Waals surface area contributed by atoms with Gasteiger partial charge in [0.2, 0.25) is 8.03 Å². The molecule has 0 saturated heterocycles. The van der Waals surface area contributed by atoms with Crippen molar-refractivity contribution in [3.63, 3.8) is 0 Å². The maximum Gasteiger partial charge on any atom is 0.218 e. The van der Waals surface area contributed by atoms with Crippen LogP contribution in [0.25, 0.3) is 0 Å². The number of rotatable bonds is 18. The molecule has 5 heteroatoms. The summed E-state index contributed by atoms with van der Waals surface area (Å²) in [5.74, 6) is 0. The first-order valence-electron chi connectivity index (χ1n) is 11.9. The van der Waals surface area contributed by atoms with Crippen LogP contribution in [0.5, 0.6) is 0 Å². The molecule has 0 aromatic heterocycles. The summed E-state index contributed by atoms with van der Waals surface area (Å²) in [4.78, 5) is 8.57. The standard InChI is InChI=1S/C18H38N.C6H7O2P.Nd/c1-2-3-4-5-6-7-8-9-10-11-12-13-14-15-16-17-18-19;7-9(8)6-4-2-1-3-5-6;/h19H,2-18H2,1H3;1-5,9H,(H,7,8);/q-1;;+1. The Labute approximate surface area is 208 Å². The van der Waals surface area contributed by atoms with Crippen LogP contribution in [-0.4, -0.2) is 11.4 Å². The second-order valence-corrected chi connectivity index (χ2v) is 10.2. The van der Waals surface area contributed by atoms with Crippen LogP contribution in [0.3, 0.4) is 0 Å². The normalized spacial score (nSPS) is 11.6. The molecule has 0 aliphatic carbocycles. The molecule has 0 amide bonds. The first kappa shape index (κ1) is 29.7. The summed E-state index contributed by atoms with van der Waals surface area (Å²) in [6.45, 7) is 3.55. The largest absolute Gasteiger partial charge is 0.343 e. The summed E-state index contributed by atoms with van der Waals surface area (Å²) in [6, 6.07) is 8.58. The van der Waals surface area contributed by atoms with E-state index in [2.05, 4.69) is 8.32 Å². The summed E-state index contributed by atoms with van der Waals surface area (Å²) in [5, 5.41) is 0.516. The molecule has 2 N–H and O–H groups in total. The molecule has 0 saturated carbocycles. The molecule has 0 fully saturated rings. The third-order valence-electron chi connectivity index (χ3n) is 5.18. The predicted molar refractivity (Wildman–Crippen MR) is 125 cm³/mol. The van der Waals surface area contributed by atoms with Gasteiger partial charge in [-0.15, -0.1) is 0 Å². The molecule has 29 heavy (non-hydrogen) atoms. The molecule has 167 valence electrons. The molecule has 0 radical (unpaired) electrons. The molecule has 3 nitrogen and oxygen atoms in total. The van der Waals surface area contributed by atoms with Gasteiger partial charge in [-0.2, -0.15) is 0 Å². The van der Waals surface area contributed by atoms with Gasteiger partial charge in [0.05, 0.1) is 0 Å². The van der Waals surface area contributed by atoms with Crippen LogP contribution in [-0.2, 0) is 4.57 Å². The molecule has 0 heterocycles. The van der Waals surface area contributed by atoms with E-state index < -0.39 is 8.03 Å². The zero-order valence-electron chi connectivity index (χ0n) is 18.8. The van der Waals surface area contributed by atoms with Crippen LogP contribution >= 0.6 is 8.03 Å². The second kappa shape index (κ2) is 25.0. The van der Waals surface area contributed by atoms with Gasteiger partial charge in [0.15, 0.2) is 0 Å². The fourth-order valence-corrected chi connectivity index (χ4v) is 4.39. The van der Waals surface area contributed by atoms with E-state index in [1.807, 2.05) is 6.07 Å². The van der Waals surface area contributed by atoms with Gasteiger partial charge in [0, 0.05) is 5.30 Å². The van der Waals surface area contributed by atoms with Gasteiger partial charge < -0.3 is 4.89 Å². The van der Waals surface area contributed by atoms with Crippen LogP contribution in [0.4, 0.5) is 0 Å². The van der Waals surface area contributed by atoms with Gasteiger partial charge in [-0.25, -0.2) is 0 Å². The van der Waals surface area contributed by atoms with E-state index in [0.717, 1.165) is 39.2 Å². The summed E-state index contributed by atoms with van der Waals surface area (Å²) in [6.07, 6.45) is 23.4. The Bertz CT molecular complexity index is 441. The molecule has 1 unspecified atom stereocenters. The molecule has 0 aliphatic heterocycles. The third kappa shape index (κ3) is 23.2. The minimum absolute atomic E-state index is 0.516. The Hall–Kier alpha value is 0.721. The topological polar surface area (TPSA) is 49.3 Å². The number of benzene rings is 1. The van der Waals surface area contributed by atoms with E-state index in [-0.39, 0.29) is 0 Å². The summed E-state index contributed by atoms with van der Waals surface area (Å²) < 4.78 is 13.7. The fraction of sp³-hybridized carbons (Fsp3) is 0.750. The maximum absolute atomic E-state index is 10.4. The van der Waals surface area contributed by atoms with Crippen LogP contribution < -0.4 is 6.70 Å². The Balaban J connectivity index is 0.000000717. The SMILES string of the molecule is CCCCCCCCCCCCCCCCCC[NH][Nd].O=[PH](O)c1ccccc1. The van der Waals surface area contributed by atoms with Crippen molar-refractivity contribution in [2.75, 3.05) is 6.54 Å². The van der Waals surface area contributed by atoms with Crippen molar-refractivity contribution in [3.8, 4) is 0 Å². The summed E-state index contributed by atoms with van der Waals surface area (Å²) in [7, 11) is -2.46. The van der Waals surface area contributed by atoms with Crippen LogP contribution in [0.1, 0.15) is 110 Å². The van der Waals surface area contributed by atoms with Crippen LogP contribution in [0, 0.1) is 39.2 Å². The Morgan fingerprint density at radius 2 is 1.10 bits per heavy atom. The number of hydrogen-bond donors (Lipinski definition) is 2. The van der Waals surface area contributed by atoms with Gasteiger partial charge in [-0.1, -0.05) is 63.6 Å². The maximum atomic E-state index is 10.4. The molecular formula is C24H45NNdO2P. The van der Waals surface area contributed by atoms with Crippen LogP contribution in [0.2, 0.25) is 0 Å².